The minimum atomic E-state index is -0.180. The summed E-state index contributed by atoms with van der Waals surface area (Å²) in [7, 11) is 3.33. The second kappa shape index (κ2) is 4.73. The van der Waals surface area contributed by atoms with E-state index in [1.165, 1.54) is 15.8 Å². The van der Waals surface area contributed by atoms with Crippen molar-refractivity contribution in [3.8, 4) is 5.69 Å². The Morgan fingerprint density at radius 3 is 2.78 bits per heavy atom. The molecule has 0 saturated carbocycles. The van der Waals surface area contributed by atoms with Crippen molar-refractivity contribution in [2.75, 3.05) is 19.8 Å². The number of hydrogen-bond donors (Lipinski definition) is 1. The Balaban J connectivity index is 2.45. The first-order chi connectivity index (χ1) is 8.49. The Hall–Kier alpha value is -1.96. The molecule has 2 heterocycles. The fourth-order valence-electron chi connectivity index (χ4n) is 1.37. The van der Waals surface area contributed by atoms with Crippen molar-refractivity contribution in [2.45, 2.75) is 0 Å². The van der Waals surface area contributed by atoms with Crippen molar-refractivity contribution < 1.29 is 4.79 Å². The third-order valence-electron chi connectivity index (χ3n) is 2.20. The molecule has 0 bridgehead atoms. The number of aromatic nitrogens is 4. The number of rotatable bonds is 2. The molecule has 7 nitrogen and oxygen atoms in total. The van der Waals surface area contributed by atoms with Crippen LogP contribution in [0.3, 0.4) is 0 Å². The van der Waals surface area contributed by atoms with Gasteiger partial charge in [0.2, 0.25) is 10.7 Å². The molecule has 2 N–H and O–H groups in total. The van der Waals surface area contributed by atoms with Crippen LogP contribution in [0, 0.1) is 0 Å². The molecule has 0 atom stereocenters. The van der Waals surface area contributed by atoms with Gasteiger partial charge in [-0.3, -0.25) is 9.78 Å². The van der Waals surface area contributed by atoms with Gasteiger partial charge in [-0.15, -0.1) is 5.10 Å². The Morgan fingerprint density at radius 1 is 1.50 bits per heavy atom. The zero-order valence-electron chi connectivity index (χ0n) is 9.83. The van der Waals surface area contributed by atoms with E-state index in [0.29, 0.717) is 16.1 Å². The Morgan fingerprint density at radius 2 is 2.22 bits per heavy atom. The molecule has 2 aromatic rings. The van der Waals surface area contributed by atoms with Gasteiger partial charge in [0.05, 0.1) is 5.69 Å². The van der Waals surface area contributed by atoms with Crippen LogP contribution in [0.5, 0.6) is 0 Å². The quantitative estimate of drug-likeness (QED) is 0.882. The van der Waals surface area contributed by atoms with Gasteiger partial charge in [-0.25, -0.2) is 4.68 Å². The number of hydrogen-bond acceptors (Lipinski definition) is 5. The predicted molar refractivity (Wildman–Crippen MR) is 69.3 cm³/mol. The minimum Gasteiger partial charge on any atom is -0.366 e. The number of amides is 1. The van der Waals surface area contributed by atoms with E-state index in [1.54, 1.807) is 26.2 Å². The number of nitrogen functional groups attached to an aromatic ring is 1. The van der Waals surface area contributed by atoms with Crippen molar-refractivity contribution in [1.82, 2.24) is 24.6 Å². The van der Waals surface area contributed by atoms with Gasteiger partial charge in [0.15, 0.2) is 0 Å². The van der Waals surface area contributed by atoms with E-state index in [1.807, 2.05) is 0 Å². The van der Waals surface area contributed by atoms with Gasteiger partial charge < -0.3 is 10.6 Å². The van der Waals surface area contributed by atoms with Gasteiger partial charge in [0.1, 0.15) is 5.69 Å². The van der Waals surface area contributed by atoms with Crippen LogP contribution < -0.4 is 5.73 Å². The Bertz CT molecular complexity index is 594. The van der Waals surface area contributed by atoms with Crippen molar-refractivity contribution in [3.63, 3.8) is 0 Å². The fraction of sp³-hybridized carbons (Fsp3) is 0.200. The third kappa shape index (κ3) is 2.33. The summed E-state index contributed by atoms with van der Waals surface area (Å²) in [5.74, 6) is -0.0276. The molecule has 0 spiro atoms. The van der Waals surface area contributed by atoms with E-state index in [0.717, 1.165) is 0 Å². The molecule has 8 heteroatoms. The van der Waals surface area contributed by atoms with Crippen LogP contribution in [0.2, 0.25) is 0 Å². The van der Waals surface area contributed by atoms with Gasteiger partial charge in [0, 0.05) is 20.3 Å². The molecule has 0 aliphatic heterocycles. The van der Waals surface area contributed by atoms with Crippen molar-refractivity contribution >= 4 is 27.8 Å². The molecule has 0 aromatic carbocycles. The summed E-state index contributed by atoms with van der Waals surface area (Å²) in [4.78, 5) is 21.2. The fourth-order valence-corrected chi connectivity index (χ4v) is 1.84. The summed E-state index contributed by atoms with van der Waals surface area (Å²) < 4.78 is 1.96. The topological polar surface area (TPSA) is 89.9 Å². The number of carbonyl (C=O) groups excluding carboxylic acids is 1. The lowest BCUT2D eigenvalue weighted by atomic mass is 10.3. The van der Waals surface area contributed by atoms with Crippen LogP contribution in [0.4, 0.5) is 5.95 Å². The molecule has 0 radical (unpaired) electrons. The summed E-state index contributed by atoms with van der Waals surface area (Å²) in [5, 5.41) is 4.01. The second-order valence-electron chi connectivity index (χ2n) is 3.75. The molecule has 0 saturated heterocycles. The molecule has 2 aromatic heterocycles. The highest BCUT2D eigenvalue weighted by atomic mass is 79.9. The standard InChI is InChI=1S/C10H11BrN6O/c1-16(2)8(18)7-5-6(3-4-13-7)17-9(11)14-10(12)15-17/h3-5H,1-2H3,(H2,12,15). The number of nitrogens with two attached hydrogens (primary N) is 1. The largest absolute Gasteiger partial charge is 0.366 e. The smallest absolute Gasteiger partial charge is 0.272 e. The van der Waals surface area contributed by atoms with Crippen LogP contribution in [0.1, 0.15) is 10.5 Å². The lowest BCUT2D eigenvalue weighted by Gasteiger charge is -2.10. The van der Waals surface area contributed by atoms with Gasteiger partial charge in [-0.2, -0.15) is 4.98 Å². The van der Waals surface area contributed by atoms with Gasteiger partial charge in [0.25, 0.3) is 5.91 Å². The zero-order valence-corrected chi connectivity index (χ0v) is 11.4. The van der Waals surface area contributed by atoms with Crippen molar-refractivity contribution in [3.05, 3.63) is 28.8 Å². The van der Waals surface area contributed by atoms with Crippen LogP contribution in [-0.4, -0.2) is 44.7 Å². The zero-order chi connectivity index (χ0) is 13.3. The monoisotopic (exact) mass is 310 g/mol. The van der Waals surface area contributed by atoms with E-state index in [9.17, 15) is 4.79 Å². The highest BCUT2D eigenvalue weighted by Gasteiger charge is 2.13. The highest BCUT2D eigenvalue weighted by molar-refractivity contribution is 9.10. The first kappa shape index (κ1) is 12.5. The number of pyridine rings is 1. The van der Waals surface area contributed by atoms with Crippen LogP contribution in [0.25, 0.3) is 5.69 Å². The summed E-state index contributed by atoms with van der Waals surface area (Å²) in [6.45, 7) is 0. The first-order valence-corrected chi connectivity index (χ1v) is 5.84. The highest BCUT2D eigenvalue weighted by Crippen LogP contribution is 2.16. The third-order valence-corrected chi connectivity index (χ3v) is 2.71. The molecule has 0 aliphatic rings. The number of halogens is 1. The molecule has 1 amide bonds. The van der Waals surface area contributed by atoms with Gasteiger partial charge >= 0.3 is 0 Å². The molecule has 0 fully saturated rings. The number of carbonyl (C=O) groups is 1. The maximum atomic E-state index is 11.8. The van der Waals surface area contributed by atoms with E-state index < -0.39 is 0 Å². The molecule has 18 heavy (non-hydrogen) atoms. The minimum absolute atomic E-state index is 0.152. The normalized spacial score (nSPS) is 10.4. The Kier molecular flexibility index (Phi) is 3.28. The second-order valence-corrected chi connectivity index (χ2v) is 4.46. The van der Waals surface area contributed by atoms with E-state index in [-0.39, 0.29) is 11.9 Å². The molecule has 0 aliphatic carbocycles. The van der Waals surface area contributed by atoms with Gasteiger partial charge in [-0.05, 0) is 28.1 Å². The SMILES string of the molecule is CN(C)C(=O)c1cc(-n2nc(N)nc2Br)ccn1. The molecule has 2 rings (SSSR count). The average Bonchev–Trinajstić information content (AvgIpc) is 2.67. The van der Waals surface area contributed by atoms with E-state index >= 15 is 0 Å². The van der Waals surface area contributed by atoms with Crippen molar-refractivity contribution in [2.24, 2.45) is 0 Å². The van der Waals surface area contributed by atoms with Crippen LogP contribution in [-0.2, 0) is 0 Å². The lowest BCUT2D eigenvalue weighted by molar-refractivity contribution is 0.0822. The summed E-state index contributed by atoms with van der Waals surface area (Å²) in [5.41, 5.74) is 6.49. The molecular weight excluding hydrogens is 300 g/mol. The number of anilines is 1. The summed E-state index contributed by atoms with van der Waals surface area (Å²) in [6.07, 6.45) is 1.54. The maximum absolute atomic E-state index is 11.8. The molecule has 0 unspecified atom stereocenters. The molecule has 94 valence electrons. The molecular formula is C10H11BrN6O. The predicted octanol–water partition coefficient (Wildman–Crippen LogP) is 0.709. The first-order valence-electron chi connectivity index (χ1n) is 5.05. The van der Waals surface area contributed by atoms with Crippen LogP contribution >= 0.6 is 15.9 Å². The van der Waals surface area contributed by atoms with E-state index in [4.69, 9.17) is 5.73 Å². The lowest BCUT2D eigenvalue weighted by Crippen LogP contribution is -2.22. The number of nitrogens with zero attached hydrogens (tertiary/aromatic N) is 5. The average molecular weight is 311 g/mol. The Labute approximate surface area is 112 Å². The van der Waals surface area contributed by atoms with Crippen molar-refractivity contribution in [1.29, 1.82) is 0 Å². The summed E-state index contributed by atoms with van der Waals surface area (Å²) >= 11 is 3.24. The maximum Gasteiger partial charge on any atom is 0.272 e. The van der Waals surface area contributed by atoms with Crippen LogP contribution in [0.15, 0.2) is 23.1 Å². The summed E-state index contributed by atoms with van der Waals surface area (Å²) in [6, 6.07) is 3.34. The van der Waals surface area contributed by atoms with E-state index in [2.05, 4.69) is 31.0 Å². The van der Waals surface area contributed by atoms with Gasteiger partial charge in [-0.1, -0.05) is 0 Å².